The van der Waals surface area contributed by atoms with Gasteiger partial charge < -0.3 is 0 Å². The lowest BCUT2D eigenvalue weighted by Gasteiger charge is -2.10. The topological polar surface area (TPSA) is 62.1 Å². The Morgan fingerprint density at radius 2 is 1.80 bits per heavy atom. The van der Waals surface area contributed by atoms with Gasteiger partial charge in [0.15, 0.2) is 0 Å². The first-order valence-corrected chi connectivity index (χ1v) is 6.28. The molecule has 4 heteroatoms. The molecule has 0 fully saturated rings. The van der Waals surface area contributed by atoms with Crippen molar-refractivity contribution in [1.29, 1.82) is 5.26 Å². The third-order valence-corrected chi connectivity index (χ3v) is 2.82. The van der Waals surface area contributed by atoms with E-state index in [4.69, 9.17) is 4.84 Å². The number of nitrogens with one attached hydrogen (secondary N) is 1. The third-order valence-electron chi connectivity index (χ3n) is 2.82. The van der Waals surface area contributed by atoms with Crippen molar-refractivity contribution in [1.82, 2.24) is 5.48 Å². The summed E-state index contributed by atoms with van der Waals surface area (Å²) in [6.45, 7) is 2.18. The van der Waals surface area contributed by atoms with Crippen LogP contribution in [0.1, 0.15) is 22.8 Å². The van der Waals surface area contributed by atoms with Gasteiger partial charge in [-0.15, -0.1) is 0 Å². The first kappa shape index (κ1) is 13.8. The highest BCUT2D eigenvalue weighted by atomic mass is 16.6. The van der Waals surface area contributed by atoms with Crippen LogP contribution in [0.15, 0.2) is 48.5 Å². The molecule has 0 saturated carbocycles. The van der Waals surface area contributed by atoms with Crippen LogP contribution in [0.25, 0.3) is 11.1 Å². The van der Waals surface area contributed by atoms with E-state index in [1.165, 1.54) is 0 Å². The molecule has 0 aliphatic rings. The molecule has 0 aromatic heterocycles. The number of carbonyl (C=O) groups is 1. The van der Waals surface area contributed by atoms with Crippen molar-refractivity contribution in [2.45, 2.75) is 6.92 Å². The van der Waals surface area contributed by atoms with Crippen LogP contribution in [-0.2, 0) is 4.84 Å². The molecule has 1 N–H and O–H groups in total. The molecule has 0 atom stereocenters. The summed E-state index contributed by atoms with van der Waals surface area (Å²) in [5, 5.41) is 9.18. The van der Waals surface area contributed by atoms with Gasteiger partial charge in [-0.25, -0.2) is 5.48 Å². The predicted molar refractivity (Wildman–Crippen MR) is 75.7 cm³/mol. The number of amides is 1. The van der Waals surface area contributed by atoms with Crippen LogP contribution < -0.4 is 5.48 Å². The fourth-order valence-electron chi connectivity index (χ4n) is 1.92. The van der Waals surface area contributed by atoms with Gasteiger partial charge in [0.1, 0.15) is 0 Å². The lowest BCUT2D eigenvalue weighted by atomic mass is 9.95. The molecule has 0 unspecified atom stereocenters. The molecular weight excluding hydrogens is 252 g/mol. The Bertz CT molecular complexity index is 660. The van der Waals surface area contributed by atoms with Crippen molar-refractivity contribution in [2.24, 2.45) is 0 Å². The van der Waals surface area contributed by atoms with Crippen LogP contribution in [0.5, 0.6) is 0 Å². The SMILES string of the molecule is CCONC(=O)c1ccccc1-c1ccccc1C#N. The molecule has 0 aliphatic heterocycles. The maximum absolute atomic E-state index is 12.1. The molecule has 4 nitrogen and oxygen atoms in total. The summed E-state index contributed by atoms with van der Waals surface area (Å²) in [4.78, 5) is 17.0. The standard InChI is InChI=1S/C16H14N2O2/c1-2-20-18-16(19)15-10-6-5-9-14(15)13-8-4-3-7-12(13)11-17/h3-10H,2H2,1H3,(H,18,19). The Labute approximate surface area is 117 Å². The minimum Gasteiger partial charge on any atom is -0.274 e. The Morgan fingerprint density at radius 1 is 1.15 bits per heavy atom. The number of hydrogen-bond acceptors (Lipinski definition) is 3. The van der Waals surface area contributed by atoms with Gasteiger partial charge in [-0.05, 0) is 24.6 Å². The molecular formula is C16H14N2O2. The highest BCUT2D eigenvalue weighted by Crippen LogP contribution is 2.26. The smallest absolute Gasteiger partial charge is 0.274 e. The average Bonchev–Trinajstić information content (AvgIpc) is 2.52. The lowest BCUT2D eigenvalue weighted by Crippen LogP contribution is -2.24. The largest absolute Gasteiger partial charge is 0.275 e. The van der Waals surface area contributed by atoms with Gasteiger partial charge in [0.25, 0.3) is 5.91 Å². The summed E-state index contributed by atoms with van der Waals surface area (Å²) in [5.41, 5.74) is 4.83. The van der Waals surface area contributed by atoms with Crippen molar-refractivity contribution >= 4 is 5.91 Å². The summed E-state index contributed by atoms with van der Waals surface area (Å²) in [6, 6.07) is 16.5. The van der Waals surface area contributed by atoms with E-state index in [0.29, 0.717) is 23.3 Å². The highest BCUT2D eigenvalue weighted by Gasteiger charge is 2.14. The fourth-order valence-corrected chi connectivity index (χ4v) is 1.92. The molecule has 1 amide bonds. The Morgan fingerprint density at radius 3 is 2.50 bits per heavy atom. The average molecular weight is 266 g/mol. The number of rotatable bonds is 4. The van der Waals surface area contributed by atoms with Gasteiger partial charge in [0, 0.05) is 11.1 Å². The fraction of sp³-hybridized carbons (Fsp3) is 0.125. The number of benzene rings is 2. The first-order chi connectivity index (χ1) is 9.77. The number of hydroxylamine groups is 1. The zero-order valence-corrected chi connectivity index (χ0v) is 11.1. The number of nitriles is 1. The maximum atomic E-state index is 12.1. The molecule has 0 heterocycles. The minimum absolute atomic E-state index is 0.324. The van der Waals surface area contributed by atoms with Gasteiger partial charge >= 0.3 is 0 Å². The summed E-state index contributed by atoms with van der Waals surface area (Å²) in [7, 11) is 0. The predicted octanol–water partition coefficient (Wildman–Crippen LogP) is 2.91. The van der Waals surface area contributed by atoms with E-state index >= 15 is 0 Å². The van der Waals surface area contributed by atoms with E-state index in [1.54, 1.807) is 31.2 Å². The minimum atomic E-state index is -0.324. The first-order valence-electron chi connectivity index (χ1n) is 6.28. The van der Waals surface area contributed by atoms with Crippen molar-refractivity contribution in [3.8, 4) is 17.2 Å². The maximum Gasteiger partial charge on any atom is 0.275 e. The van der Waals surface area contributed by atoms with E-state index in [0.717, 1.165) is 5.56 Å². The number of carbonyl (C=O) groups excluding carboxylic acids is 1. The summed E-state index contributed by atoms with van der Waals surface area (Å²) < 4.78 is 0. The Balaban J connectivity index is 2.48. The molecule has 0 radical (unpaired) electrons. The second-order valence-corrected chi connectivity index (χ2v) is 4.07. The van der Waals surface area contributed by atoms with E-state index in [2.05, 4.69) is 11.5 Å². The van der Waals surface area contributed by atoms with Crippen LogP contribution in [0.2, 0.25) is 0 Å². The van der Waals surface area contributed by atoms with Gasteiger partial charge in [-0.1, -0.05) is 36.4 Å². The summed E-state index contributed by atoms with van der Waals surface area (Å²) >= 11 is 0. The van der Waals surface area contributed by atoms with Crippen LogP contribution in [0.3, 0.4) is 0 Å². The Hall–Kier alpha value is -2.64. The monoisotopic (exact) mass is 266 g/mol. The molecule has 0 saturated heterocycles. The van der Waals surface area contributed by atoms with Gasteiger partial charge in [0.2, 0.25) is 0 Å². The number of nitrogens with zero attached hydrogens (tertiary/aromatic N) is 1. The van der Waals surface area contributed by atoms with E-state index < -0.39 is 0 Å². The number of hydrogen-bond donors (Lipinski definition) is 1. The van der Waals surface area contributed by atoms with Crippen molar-refractivity contribution in [2.75, 3.05) is 6.61 Å². The van der Waals surface area contributed by atoms with Crippen LogP contribution in [0, 0.1) is 11.3 Å². The van der Waals surface area contributed by atoms with Gasteiger partial charge in [0.05, 0.1) is 18.2 Å². The zero-order chi connectivity index (χ0) is 14.4. The molecule has 2 rings (SSSR count). The van der Waals surface area contributed by atoms with E-state index in [1.807, 2.05) is 24.3 Å². The van der Waals surface area contributed by atoms with Crippen molar-refractivity contribution in [3.05, 3.63) is 59.7 Å². The summed E-state index contributed by atoms with van der Waals surface area (Å²) in [5.74, 6) is -0.324. The van der Waals surface area contributed by atoms with Crippen molar-refractivity contribution in [3.63, 3.8) is 0 Å². The van der Waals surface area contributed by atoms with Crippen LogP contribution in [-0.4, -0.2) is 12.5 Å². The molecule has 20 heavy (non-hydrogen) atoms. The molecule has 0 spiro atoms. The molecule has 2 aromatic rings. The van der Waals surface area contributed by atoms with Gasteiger partial charge in [-0.2, -0.15) is 5.26 Å². The molecule has 0 aliphatic carbocycles. The second kappa shape index (κ2) is 6.50. The lowest BCUT2D eigenvalue weighted by molar-refractivity contribution is 0.0365. The third kappa shape index (κ3) is 2.85. The van der Waals surface area contributed by atoms with Crippen LogP contribution in [0.4, 0.5) is 0 Å². The summed E-state index contributed by atoms with van der Waals surface area (Å²) in [6.07, 6.45) is 0. The second-order valence-electron chi connectivity index (χ2n) is 4.07. The van der Waals surface area contributed by atoms with Gasteiger partial charge in [-0.3, -0.25) is 9.63 Å². The van der Waals surface area contributed by atoms with E-state index in [-0.39, 0.29) is 5.91 Å². The van der Waals surface area contributed by atoms with E-state index in [9.17, 15) is 10.1 Å². The van der Waals surface area contributed by atoms with Crippen LogP contribution >= 0.6 is 0 Å². The molecule has 100 valence electrons. The van der Waals surface area contributed by atoms with Crippen molar-refractivity contribution < 1.29 is 9.63 Å². The Kier molecular flexibility index (Phi) is 4.48. The molecule has 2 aromatic carbocycles. The quantitative estimate of drug-likeness (QED) is 0.865. The highest BCUT2D eigenvalue weighted by molar-refractivity contribution is 6.00. The molecule has 0 bridgehead atoms. The zero-order valence-electron chi connectivity index (χ0n) is 11.1. The normalized spacial score (nSPS) is 9.80.